The summed E-state index contributed by atoms with van der Waals surface area (Å²) in [4.78, 5) is 0.181. The third-order valence-electron chi connectivity index (χ3n) is 2.93. The van der Waals surface area contributed by atoms with E-state index in [0.29, 0.717) is 5.92 Å². The van der Waals surface area contributed by atoms with E-state index in [-0.39, 0.29) is 4.90 Å². The maximum atomic E-state index is 11.1. The molecule has 16 heavy (non-hydrogen) atoms. The van der Waals surface area contributed by atoms with Gasteiger partial charge in [-0.25, -0.2) is 13.6 Å². The molecule has 4 heteroatoms. The van der Waals surface area contributed by atoms with Gasteiger partial charge in [-0.05, 0) is 30.0 Å². The van der Waals surface area contributed by atoms with Gasteiger partial charge in [-0.3, -0.25) is 0 Å². The molecule has 2 N–H and O–H groups in total. The molecule has 0 atom stereocenters. The van der Waals surface area contributed by atoms with E-state index in [9.17, 15) is 8.42 Å². The second-order valence-electron chi connectivity index (χ2n) is 4.08. The Hall–Kier alpha value is -0.870. The third-order valence-corrected chi connectivity index (χ3v) is 3.86. The normalized spacial score (nSPS) is 12.0. The number of sulfonamides is 1. The van der Waals surface area contributed by atoms with Crippen molar-refractivity contribution < 1.29 is 8.42 Å². The highest BCUT2D eigenvalue weighted by atomic mass is 32.2. The van der Waals surface area contributed by atoms with Gasteiger partial charge in [-0.1, -0.05) is 38.8 Å². The molecule has 3 nitrogen and oxygen atoms in total. The minimum atomic E-state index is -3.56. The largest absolute Gasteiger partial charge is 0.238 e. The fourth-order valence-electron chi connectivity index (χ4n) is 1.73. The van der Waals surface area contributed by atoms with Gasteiger partial charge in [0, 0.05) is 0 Å². The van der Waals surface area contributed by atoms with Gasteiger partial charge in [-0.15, -0.1) is 0 Å². The maximum absolute atomic E-state index is 11.1. The van der Waals surface area contributed by atoms with Crippen molar-refractivity contribution in [3.05, 3.63) is 29.8 Å². The van der Waals surface area contributed by atoms with Gasteiger partial charge >= 0.3 is 0 Å². The summed E-state index contributed by atoms with van der Waals surface area (Å²) in [6, 6.07) is 6.84. The van der Waals surface area contributed by atoms with Gasteiger partial charge in [0.1, 0.15) is 0 Å². The summed E-state index contributed by atoms with van der Waals surface area (Å²) in [7, 11) is -3.56. The van der Waals surface area contributed by atoms with Gasteiger partial charge in [0.2, 0.25) is 10.0 Å². The monoisotopic (exact) mass is 241 g/mol. The first kappa shape index (κ1) is 13.2. The van der Waals surface area contributed by atoms with Crippen LogP contribution in [0.2, 0.25) is 0 Å². The molecule has 0 heterocycles. The summed E-state index contributed by atoms with van der Waals surface area (Å²) in [5.41, 5.74) is 1.17. The summed E-state index contributed by atoms with van der Waals surface area (Å²) < 4.78 is 22.1. The van der Waals surface area contributed by atoms with Crippen molar-refractivity contribution in [1.82, 2.24) is 0 Å². The van der Waals surface area contributed by atoms with Crippen LogP contribution in [0, 0.1) is 5.92 Å². The zero-order valence-electron chi connectivity index (χ0n) is 9.81. The van der Waals surface area contributed by atoms with Crippen molar-refractivity contribution in [2.75, 3.05) is 0 Å². The molecule has 0 spiro atoms. The zero-order valence-corrected chi connectivity index (χ0v) is 10.6. The Kier molecular flexibility index (Phi) is 4.50. The van der Waals surface area contributed by atoms with Gasteiger partial charge < -0.3 is 0 Å². The number of hydrogen-bond donors (Lipinski definition) is 1. The molecular weight excluding hydrogens is 222 g/mol. The first-order valence-electron chi connectivity index (χ1n) is 5.59. The van der Waals surface area contributed by atoms with E-state index in [1.54, 1.807) is 12.1 Å². The van der Waals surface area contributed by atoms with Gasteiger partial charge in [0.05, 0.1) is 4.90 Å². The van der Waals surface area contributed by atoms with Gasteiger partial charge in [0.25, 0.3) is 0 Å². The minimum absolute atomic E-state index is 0.181. The molecule has 1 aromatic rings. The second-order valence-corrected chi connectivity index (χ2v) is 5.64. The standard InChI is InChI=1S/C12H19NO2S/c1-3-10(4-2)9-11-5-7-12(8-6-11)16(13,14)15/h5-8,10H,3-4,9H2,1-2H3,(H2,13,14,15). The first-order chi connectivity index (χ1) is 7.47. The van der Waals surface area contributed by atoms with E-state index in [1.165, 1.54) is 5.56 Å². The van der Waals surface area contributed by atoms with E-state index in [1.807, 2.05) is 12.1 Å². The van der Waals surface area contributed by atoms with E-state index in [0.717, 1.165) is 19.3 Å². The molecule has 90 valence electrons. The highest BCUT2D eigenvalue weighted by Crippen LogP contribution is 2.17. The molecule has 1 rings (SSSR count). The highest BCUT2D eigenvalue weighted by Gasteiger charge is 2.08. The molecule has 0 aliphatic rings. The SMILES string of the molecule is CCC(CC)Cc1ccc(S(N)(=O)=O)cc1. The van der Waals surface area contributed by atoms with Crippen LogP contribution in [-0.4, -0.2) is 8.42 Å². The molecule has 0 fully saturated rings. The van der Waals surface area contributed by atoms with Gasteiger partial charge in [-0.2, -0.15) is 0 Å². The van der Waals surface area contributed by atoms with Crippen molar-refractivity contribution in [2.24, 2.45) is 11.1 Å². The molecule has 0 saturated heterocycles. The fourth-order valence-corrected chi connectivity index (χ4v) is 2.24. The van der Waals surface area contributed by atoms with Crippen LogP contribution in [0.4, 0.5) is 0 Å². The fraction of sp³-hybridized carbons (Fsp3) is 0.500. The van der Waals surface area contributed by atoms with Crippen LogP contribution in [-0.2, 0) is 16.4 Å². The molecule has 0 amide bonds. The number of primary sulfonamides is 1. The van der Waals surface area contributed by atoms with Crippen molar-refractivity contribution in [3.63, 3.8) is 0 Å². The summed E-state index contributed by atoms with van der Waals surface area (Å²) in [5.74, 6) is 0.667. The van der Waals surface area contributed by atoms with Crippen LogP contribution in [0.1, 0.15) is 32.3 Å². The Morgan fingerprint density at radius 1 is 1.12 bits per heavy atom. The first-order valence-corrected chi connectivity index (χ1v) is 7.13. The Morgan fingerprint density at radius 3 is 2.00 bits per heavy atom. The lowest BCUT2D eigenvalue weighted by molar-refractivity contribution is 0.490. The van der Waals surface area contributed by atoms with Crippen LogP contribution in [0.15, 0.2) is 29.2 Å². The summed E-state index contributed by atoms with van der Waals surface area (Å²) in [6.07, 6.45) is 3.29. The molecule has 0 radical (unpaired) electrons. The Labute approximate surface area is 97.7 Å². The molecule has 0 unspecified atom stereocenters. The average Bonchev–Trinajstić information content (AvgIpc) is 2.25. The molecule has 0 aliphatic heterocycles. The van der Waals surface area contributed by atoms with Crippen molar-refractivity contribution in [2.45, 2.75) is 38.0 Å². The number of benzene rings is 1. The summed E-state index contributed by atoms with van der Waals surface area (Å²) >= 11 is 0. The van der Waals surface area contributed by atoms with E-state index < -0.39 is 10.0 Å². The molecule has 0 saturated carbocycles. The summed E-state index contributed by atoms with van der Waals surface area (Å²) in [6.45, 7) is 4.35. The lowest BCUT2D eigenvalue weighted by atomic mass is 9.95. The van der Waals surface area contributed by atoms with E-state index in [2.05, 4.69) is 13.8 Å². The molecule has 1 aromatic carbocycles. The average molecular weight is 241 g/mol. The van der Waals surface area contributed by atoms with E-state index in [4.69, 9.17) is 5.14 Å². The molecular formula is C12H19NO2S. The van der Waals surface area contributed by atoms with Gasteiger partial charge in [0.15, 0.2) is 0 Å². The van der Waals surface area contributed by atoms with Crippen LogP contribution in [0.5, 0.6) is 0 Å². The number of hydrogen-bond acceptors (Lipinski definition) is 2. The predicted octanol–water partition coefficient (Wildman–Crippen LogP) is 2.31. The molecule has 0 aliphatic carbocycles. The quantitative estimate of drug-likeness (QED) is 0.860. The lowest BCUT2D eigenvalue weighted by Crippen LogP contribution is -2.12. The number of rotatable bonds is 5. The van der Waals surface area contributed by atoms with Crippen LogP contribution in [0.3, 0.4) is 0 Å². The number of nitrogens with two attached hydrogens (primary N) is 1. The molecule has 0 bridgehead atoms. The smallest absolute Gasteiger partial charge is 0.225 e. The Bertz CT molecular complexity index is 419. The van der Waals surface area contributed by atoms with Crippen LogP contribution in [0.25, 0.3) is 0 Å². The molecule has 0 aromatic heterocycles. The highest BCUT2D eigenvalue weighted by molar-refractivity contribution is 7.89. The van der Waals surface area contributed by atoms with Crippen molar-refractivity contribution >= 4 is 10.0 Å². The Balaban J connectivity index is 2.80. The topological polar surface area (TPSA) is 60.2 Å². The van der Waals surface area contributed by atoms with E-state index >= 15 is 0 Å². The zero-order chi connectivity index (χ0) is 12.2. The van der Waals surface area contributed by atoms with Crippen molar-refractivity contribution in [1.29, 1.82) is 0 Å². The summed E-state index contributed by atoms with van der Waals surface area (Å²) in [5, 5.41) is 5.03. The van der Waals surface area contributed by atoms with Crippen molar-refractivity contribution in [3.8, 4) is 0 Å². The Morgan fingerprint density at radius 2 is 1.62 bits per heavy atom. The third kappa shape index (κ3) is 3.61. The second kappa shape index (κ2) is 5.46. The maximum Gasteiger partial charge on any atom is 0.238 e. The minimum Gasteiger partial charge on any atom is -0.225 e. The predicted molar refractivity (Wildman–Crippen MR) is 65.6 cm³/mol. The van der Waals surface area contributed by atoms with Crippen LogP contribution < -0.4 is 5.14 Å². The lowest BCUT2D eigenvalue weighted by Gasteiger charge is -2.12. The van der Waals surface area contributed by atoms with Crippen LogP contribution >= 0.6 is 0 Å².